The van der Waals surface area contributed by atoms with E-state index in [0.29, 0.717) is 11.4 Å². The van der Waals surface area contributed by atoms with Crippen LogP contribution in [0.4, 0.5) is 0 Å². The molecule has 1 heterocycles. The quantitative estimate of drug-likeness (QED) is 0.293. The molecule has 0 radical (unpaired) electrons. The first kappa shape index (κ1) is 9.09. The Morgan fingerprint density at radius 1 is 1.69 bits per heavy atom. The third-order valence-electron chi connectivity index (χ3n) is 1.40. The van der Waals surface area contributed by atoms with E-state index in [0.717, 1.165) is 6.21 Å². The lowest BCUT2D eigenvalue weighted by Gasteiger charge is -1.96. The van der Waals surface area contributed by atoms with Crippen LogP contribution in [0.1, 0.15) is 10.4 Å². The van der Waals surface area contributed by atoms with E-state index in [1.165, 1.54) is 19.4 Å². The van der Waals surface area contributed by atoms with Crippen LogP contribution >= 0.6 is 0 Å². The Hall–Kier alpha value is -2.00. The lowest BCUT2D eigenvalue weighted by molar-refractivity contribution is 0.00234. The van der Waals surface area contributed by atoms with Crippen molar-refractivity contribution in [3.05, 3.63) is 29.4 Å². The van der Waals surface area contributed by atoms with Crippen molar-refractivity contribution in [2.45, 2.75) is 0 Å². The smallest absolute Gasteiger partial charge is 0.328 e. The van der Waals surface area contributed by atoms with Crippen LogP contribution < -0.4 is 4.74 Å². The fourth-order valence-corrected chi connectivity index (χ4v) is 0.774. The number of hydrogen-bond donors (Lipinski definition) is 0. The van der Waals surface area contributed by atoms with E-state index in [9.17, 15) is 4.79 Å². The standard InChI is InChI=1S/C8H7N3O2/c1-13-8-3-2-6(4-10-8)7(12)5-11-9/h2-5H,1H3. The summed E-state index contributed by atoms with van der Waals surface area (Å²) in [4.78, 5) is 17.5. The van der Waals surface area contributed by atoms with Crippen LogP contribution in [0.15, 0.2) is 18.3 Å². The molecule has 66 valence electrons. The van der Waals surface area contributed by atoms with Gasteiger partial charge in [-0.3, -0.25) is 4.79 Å². The number of ketones is 1. The number of methoxy groups -OCH3 is 1. The monoisotopic (exact) mass is 177 g/mol. The van der Waals surface area contributed by atoms with Crippen LogP contribution in [-0.2, 0) is 0 Å². The number of rotatable bonds is 3. The molecule has 0 saturated carbocycles. The van der Waals surface area contributed by atoms with Crippen molar-refractivity contribution < 1.29 is 14.3 Å². The second-order valence-corrected chi connectivity index (χ2v) is 2.20. The average molecular weight is 177 g/mol. The van der Waals surface area contributed by atoms with E-state index in [2.05, 4.69) is 9.77 Å². The summed E-state index contributed by atoms with van der Waals surface area (Å²) in [6, 6.07) is 3.09. The van der Waals surface area contributed by atoms with E-state index in [1.807, 2.05) is 0 Å². The number of ether oxygens (including phenoxy) is 1. The Bertz CT molecular complexity index is 352. The number of Topliss-reactive ketones (excluding diaryl/α,β-unsaturated/α-hetero) is 1. The number of carbonyl (C=O) groups excluding carboxylic acids is 1. The molecule has 0 unspecified atom stereocenters. The number of carbonyl (C=O) groups is 1. The maximum absolute atomic E-state index is 11.1. The molecule has 0 spiro atoms. The maximum Gasteiger partial charge on any atom is 0.328 e. The molecular weight excluding hydrogens is 170 g/mol. The first-order valence-electron chi connectivity index (χ1n) is 3.49. The molecule has 1 aromatic heterocycles. The Morgan fingerprint density at radius 2 is 2.46 bits per heavy atom. The van der Waals surface area contributed by atoms with Gasteiger partial charge in [0, 0.05) is 17.8 Å². The highest BCUT2D eigenvalue weighted by Gasteiger charge is 2.06. The summed E-state index contributed by atoms with van der Waals surface area (Å²) in [5, 5.41) is 0. The molecule has 5 heteroatoms. The van der Waals surface area contributed by atoms with Gasteiger partial charge in [-0.1, -0.05) is 0 Å². The van der Waals surface area contributed by atoms with Crippen molar-refractivity contribution in [1.82, 2.24) is 4.98 Å². The molecule has 0 saturated heterocycles. The average Bonchev–Trinajstić information content (AvgIpc) is 2.18. The summed E-state index contributed by atoms with van der Waals surface area (Å²) in [6.45, 7) is 0. The molecule has 0 aliphatic carbocycles. The molecule has 0 aliphatic heterocycles. The van der Waals surface area contributed by atoms with E-state index >= 15 is 0 Å². The second-order valence-electron chi connectivity index (χ2n) is 2.20. The Kier molecular flexibility index (Phi) is 2.89. The number of nitrogens with zero attached hydrogens (tertiary/aromatic N) is 3. The number of aromatic nitrogens is 1. The van der Waals surface area contributed by atoms with Crippen molar-refractivity contribution in [2.75, 3.05) is 7.11 Å². The van der Waals surface area contributed by atoms with Crippen LogP contribution in [0.2, 0.25) is 0 Å². The van der Waals surface area contributed by atoms with Gasteiger partial charge in [0.05, 0.1) is 7.11 Å². The highest BCUT2D eigenvalue weighted by molar-refractivity contribution is 6.33. The fourth-order valence-electron chi connectivity index (χ4n) is 0.774. The fraction of sp³-hybridized carbons (Fsp3) is 0.125. The van der Waals surface area contributed by atoms with Gasteiger partial charge in [0.15, 0.2) is 0 Å². The molecule has 0 aliphatic rings. The molecule has 1 aromatic rings. The molecule has 13 heavy (non-hydrogen) atoms. The first-order chi connectivity index (χ1) is 6.27. The first-order valence-corrected chi connectivity index (χ1v) is 3.49. The van der Waals surface area contributed by atoms with E-state index in [4.69, 9.17) is 10.3 Å². The van der Waals surface area contributed by atoms with E-state index in [-0.39, 0.29) is 0 Å². The molecule has 0 aromatic carbocycles. The lowest BCUT2D eigenvalue weighted by Crippen LogP contribution is -2.01. The summed E-state index contributed by atoms with van der Waals surface area (Å²) >= 11 is 0. The topological polar surface area (TPSA) is 75.6 Å². The molecule has 1 rings (SSSR count). The van der Waals surface area contributed by atoms with Crippen LogP contribution in [0.3, 0.4) is 0 Å². The predicted molar refractivity (Wildman–Crippen MR) is 44.8 cm³/mol. The normalized spacial score (nSPS) is 8.69. The van der Waals surface area contributed by atoms with Crippen LogP contribution in [-0.4, -0.2) is 28.9 Å². The number of hydrogen-bond acceptors (Lipinski definition) is 3. The van der Waals surface area contributed by atoms with Crippen molar-refractivity contribution >= 4 is 12.0 Å². The predicted octanol–water partition coefficient (Wildman–Crippen LogP) is 0.573. The summed E-state index contributed by atoms with van der Waals surface area (Å²) in [6.07, 6.45) is 2.16. The zero-order chi connectivity index (χ0) is 9.68. The van der Waals surface area contributed by atoms with Gasteiger partial charge in [0.25, 0.3) is 5.78 Å². The van der Waals surface area contributed by atoms with Gasteiger partial charge in [-0.15, -0.1) is 0 Å². The summed E-state index contributed by atoms with van der Waals surface area (Å²) in [5.41, 5.74) is 8.45. The zero-order valence-corrected chi connectivity index (χ0v) is 6.97. The molecule has 0 fully saturated rings. The molecule has 0 N–H and O–H groups in total. The summed E-state index contributed by atoms with van der Waals surface area (Å²) in [7, 11) is 1.49. The van der Waals surface area contributed by atoms with Crippen molar-refractivity contribution in [2.24, 2.45) is 0 Å². The third kappa shape index (κ3) is 2.21. The lowest BCUT2D eigenvalue weighted by atomic mass is 10.2. The summed E-state index contributed by atoms with van der Waals surface area (Å²) in [5.74, 6) is 0.0233. The summed E-state index contributed by atoms with van der Waals surface area (Å²) < 4.78 is 4.80. The maximum atomic E-state index is 11.1. The van der Waals surface area contributed by atoms with Gasteiger partial charge in [0.1, 0.15) is 0 Å². The zero-order valence-electron chi connectivity index (χ0n) is 6.97. The van der Waals surface area contributed by atoms with Crippen molar-refractivity contribution in [1.29, 1.82) is 0 Å². The van der Waals surface area contributed by atoms with Gasteiger partial charge in [-0.05, 0) is 6.07 Å². The molecule has 0 bridgehead atoms. The second kappa shape index (κ2) is 4.13. The minimum absolute atomic E-state index is 0.346. The van der Waals surface area contributed by atoms with E-state index < -0.39 is 5.78 Å². The molecule has 0 atom stereocenters. The molecule has 0 amide bonds. The van der Waals surface area contributed by atoms with Gasteiger partial charge in [-0.2, -0.15) is 4.79 Å². The van der Waals surface area contributed by atoms with Crippen molar-refractivity contribution in [3.63, 3.8) is 0 Å². The largest absolute Gasteiger partial charge is 0.481 e. The van der Waals surface area contributed by atoms with E-state index in [1.54, 1.807) is 6.07 Å². The van der Waals surface area contributed by atoms with Gasteiger partial charge < -0.3 is 10.3 Å². The SMILES string of the molecule is COc1ccc(C(=O)C=[N+]=[N-])cn1. The van der Waals surface area contributed by atoms with Gasteiger partial charge >= 0.3 is 6.21 Å². The van der Waals surface area contributed by atoms with Crippen molar-refractivity contribution in [3.8, 4) is 5.88 Å². The Labute approximate surface area is 74.6 Å². The van der Waals surface area contributed by atoms with Crippen LogP contribution in [0.5, 0.6) is 5.88 Å². The highest BCUT2D eigenvalue weighted by atomic mass is 16.5. The van der Waals surface area contributed by atoms with Gasteiger partial charge in [0.2, 0.25) is 5.88 Å². The Balaban J connectivity index is 2.92. The minimum Gasteiger partial charge on any atom is -0.481 e. The number of pyridine rings is 1. The van der Waals surface area contributed by atoms with Crippen LogP contribution in [0.25, 0.3) is 5.53 Å². The Morgan fingerprint density at radius 3 is 2.92 bits per heavy atom. The van der Waals surface area contributed by atoms with Crippen LogP contribution in [0, 0.1) is 0 Å². The van der Waals surface area contributed by atoms with Gasteiger partial charge in [-0.25, -0.2) is 4.98 Å². The molecular formula is C8H7N3O2. The highest BCUT2D eigenvalue weighted by Crippen LogP contribution is 2.06. The minimum atomic E-state index is -0.405. The molecule has 5 nitrogen and oxygen atoms in total. The third-order valence-corrected chi connectivity index (χ3v) is 1.40.